The Morgan fingerprint density at radius 1 is 1.12 bits per heavy atom. The Labute approximate surface area is 233 Å². The van der Waals surface area contributed by atoms with Crippen LogP contribution in [0.1, 0.15) is 24.0 Å². The van der Waals surface area contributed by atoms with Gasteiger partial charge in [-0.05, 0) is 36.6 Å². The van der Waals surface area contributed by atoms with Gasteiger partial charge in [0.2, 0.25) is 5.88 Å². The summed E-state index contributed by atoms with van der Waals surface area (Å²) in [4.78, 5) is 14.2. The largest absolute Gasteiger partial charge is 0.481 e. The molecule has 0 amide bonds. The highest BCUT2D eigenvalue weighted by molar-refractivity contribution is 5.86. The molecule has 2 bridgehead atoms. The number of anilines is 2. The minimum atomic E-state index is 0.506. The van der Waals surface area contributed by atoms with E-state index >= 15 is 0 Å². The number of nitriles is 1. The van der Waals surface area contributed by atoms with Crippen LogP contribution in [0.3, 0.4) is 0 Å². The minimum absolute atomic E-state index is 0.506. The fourth-order valence-corrected chi connectivity index (χ4v) is 6.23. The van der Waals surface area contributed by atoms with Crippen molar-refractivity contribution in [2.24, 2.45) is 5.92 Å². The number of piperidine rings is 1. The zero-order valence-electron chi connectivity index (χ0n) is 22.5. The van der Waals surface area contributed by atoms with E-state index in [4.69, 9.17) is 14.5 Å². The topological polar surface area (TPSA) is 104 Å². The first-order chi connectivity index (χ1) is 19.7. The molecule has 1 N–H and O–H groups in total. The number of methoxy groups -OCH3 is 1. The molecule has 10 heteroatoms. The third-order valence-corrected chi connectivity index (χ3v) is 8.45. The molecule has 0 aliphatic carbocycles. The normalized spacial score (nSPS) is 22.2. The summed E-state index contributed by atoms with van der Waals surface area (Å²) < 4.78 is 12.5. The Morgan fingerprint density at radius 2 is 2.02 bits per heavy atom. The first-order valence-electron chi connectivity index (χ1n) is 13.9. The van der Waals surface area contributed by atoms with E-state index < -0.39 is 0 Å². The highest BCUT2D eigenvalue weighted by atomic mass is 16.5. The summed E-state index contributed by atoms with van der Waals surface area (Å²) in [6.07, 6.45) is 9.71. The van der Waals surface area contributed by atoms with Gasteiger partial charge in [0.05, 0.1) is 42.9 Å². The lowest BCUT2D eigenvalue weighted by atomic mass is 9.87. The molecule has 4 aromatic rings. The molecule has 3 unspecified atom stereocenters. The third-order valence-electron chi connectivity index (χ3n) is 8.45. The zero-order valence-corrected chi connectivity index (χ0v) is 22.5. The summed E-state index contributed by atoms with van der Waals surface area (Å²) in [6.45, 7) is 5.30. The Morgan fingerprint density at radius 3 is 2.73 bits per heavy atom. The van der Waals surface area contributed by atoms with Crippen LogP contribution in [0.2, 0.25) is 0 Å². The Hall–Kier alpha value is -4.20. The Balaban J connectivity index is 1.07. The van der Waals surface area contributed by atoms with Crippen molar-refractivity contribution in [3.05, 3.63) is 66.2 Å². The van der Waals surface area contributed by atoms with E-state index in [1.54, 1.807) is 17.8 Å². The van der Waals surface area contributed by atoms with Crippen molar-refractivity contribution >= 4 is 17.0 Å². The Kier molecular flexibility index (Phi) is 6.46. The van der Waals surface area contributed by atoms with Gasteiger partial charge < -0.3 is 19.7 Å². The van der Waals surface area contributed by atoms with Gasteiger partial charge in [-0.2, -0.15) is 10.4 Å². The molecule has 0 saturated carbocycles. The molecule has 204 valence electrons. The summed E-state index contributed by atoms with van der Waals surface area (Å²) >= 11 is 0. The zero-order chi connectivity index (χ0) is 27.1. The number of nitrogens with zero attached hydrogens (tertiary/aromatic N) is 7. The van der Waals surface area contributed by atoms with Crippen molar-refractivity contribution in [1.82, 2.24) is 24.5 Å². The molecule has 4 aliphatic heterocycles. The smallest absolute Gasteiger partial charge is 0.212 e. The number of rotatable bonds is 8. The van der Waals surface area contributed by atoms with Crippen molar-refractivity contribution in [1.29, 1.82) is 5.26 Å². The first-order valence-corrected chi connectivity index (χ1v) is 13.9. The molecular weight excluding hydrogens is 504 g/mol. The third kappa shape index (κ3) is 4.61. The lowest BCUT2D eigenvalue weighted by molar-refractivity contribution is -0.00876. The quantitative estimate of drug-likeness (QED) is 0.362. The summed E-state index contributed by atoms with van der Waals surface area (Å²) in [5, 5.41) is 17.7. The van der Waals surface area contributed by atoms with E-state index in [-0.39, 0.29) is 0 Å². The summed E-state index contributed by atoms with van der Waals surface area (Å²) in [5.41, 5.74) is 5.45. The van der Waals surface area contributed by atoms with Crippen molar-refractivity contribution in [2.75, 3.05) is 50.2 Å². The predicted molar refractivity (Wildman–Crippen MR) is 151 cm³/mol. The van der Waals surface area contributed by atoms with Gasteiger partial charge in [-0.3, -0.25) is 4.90 Å². The van der Waals surface area contributed by atoms with Gasteiger partial charge in [-0.25, -0.2) is 14.5 Å². The van der Waals surface area contributed by atoms with Crippen LogP contribution >= 0.6 is 0 Å². The maximum absolute atomic E-state index is 9.73. The van der Waals surface area contributed by atoms with Crippen LogP contribution in [0.25, 0.3) is 16.6 Å². The predicted octanol–water partition coefficient (Wildman–Crippen LogP) is 3.58. The van der Waals surface area contributed by atoms with Gasteiger partial charge in [0, 0.05) is 80.4 Å². The SMILES string of the molecule is COc1ccc(CN2C3CC2CN(c2ccc(-c4cc(NCC5CCOC5)cn5ncc(C#N)c45)cn2)C3)cn1. The van der Waals surface area contributed by atoms with Gasteiger partial charge in [-0.15, -0.1) is 0 Å². The van der Waals surface area contributed by atoms with Gasteiger partial charge >= 0.3 is 0 Å². The number of fused-ring (bicyclic) bond motifs is 3. The molecule has 0 spiro atoms. The number of pyridine rings is 3. The van der Waals surface area contributed by atoms with Gasteiger partial charge in [-0.1, -0.05) is 6.07 Å². The Bertz CT molecular complexity index is 1530. The van der Waals surface area contributed by atoms with E-state index in [1.165, 1.54) is 12.0 Å². The molecule has 4 fully saturated rings. The van der Waals surface area contributed by atoms with E-state index in [9.17, 15) is 5.26 Å². The molecule has 3 atom stereocenters. The molecule has 4 aliphatic rings. The summed E-state index contributed by atoms with van der Waals surface area (Å²) in [7, 11) is 1.64. The molecular formula is C30H32N8O2. The second kappa shape index (κ2) is 10.4. The highest BCUT2D eigenvalue weighted by Crippen LogP contribution is 2.36. The number of hydrogen-bond acceptors (Lipinski definition) is 9. The van der Waals surface area contributed by atoms with Crippen LogP contribution in [0.15, 0.2) is 55.1 Å². The van der Waals surface area contributed by atoms with Crippen LogP contribution in [0, 0.1) is 17.2 Å². The molecule has 40 heavy (non-hydrogen) atoms. The van der Waals surface area contributed by atoms with E-state index in [0.29, 0.717) is 29.4 Å². The van der Waals surface area contributed by atoms with E-state index in [2.05, 4.69) is 55.5 Å². The van der Waals surface area contributed by atoms with Gasteiger partial charge in [0.15, 0.2) is 0 Å². The number of aromatic nitrogens is 4. The number of piperazine rings is 1. The first kappa shape index (κ1) is 24.8. The van der Waals surface area contributed by atoms with Gasteiger partial charge in [0.25, 0.3) is 0 Å². The second-order valence-electron chi connectivity index (χ2n) is 11.0. The van der Waals surface area contributed by atoms with E-state index in [0.717, 1.165) is 74.0 Å². The lowest BCUT2D eigenvalue weighted by Crippen LogP contribution is -2.68. The number of hydrogen-bond donors (Lipinski definition) is 1. The molecule has 0 aromatic carbocycles. The molecule has 4 saturated heterocycles. The maximum Gasteiger partial charge on any atom is 0.212 e. The van der Waals surface area contributed by atoms with E-state index in [1.807, 2.05) is 24.7 Å². The van der Waals surface area contributed by atoms with Crippen LogP contribution in [0.5, 0.6) is 5.88 Å². The standard InChI is InChI=1S/C30H32N8O2/c1-39-29-5-2-20(11-34-29)15-37-25-9-26(37)18-36(17-25)28-4-3-22(13-33-28)27-8-24(32-12-21-6-7-40-19-21)16-38-30(27)23(10-31)14-35-38/h2-5,8,11,13-14,16,21,25-26,32H,6-7,9,12,15,17-19H2,1H3. The molecule has 0 radical (unpaired) electrons. The molecule has 10 nitrogen and oxygen atoms in total. The number of ether oxygens (including phenoxy) is 2. The fraction of sp³-hybridized carbons (Fsp3) is 0.400. The molecule has 8 rings (SSSR count). The maximum atomic E-state index is 9.73. The fourth-order valence-electron chi connectivity index (χ4n) is 6.23. The van der Waals surface area contributed by atoms with Crippen LogP contribution in [-0.2, 0) is 11.3 Å². The lowest BCUT2D eigenvalue weighted by Gasteiger charge is -2.56. The average Bonchev–Trinajstić information content (AvgIpc) is 3.69. The van der Waals surface area contributed by atoms with Crippen molar-refractivity contribution in [3.8, 4) is 23.1 Å². The van der Waals surface area contributed by atoms with Crippen LogP contribution in [-0.4, -0.2) is 76.5 Å². The molecule has 4 aromatic heterocycles. The monoisotopic (exact) mass is 536 g/mol. The van der Waals surface area contributed by atoms with Crippen LogP contribution < -0.4 is 15.0 Å². The highest BCUT2D eigenvalue weighted by Gasteiger charge is 2.44. The number of nitrogens with one attached hydrogen (secondary N) is 1. The minimum Gasteiger partial charge on any atom is -0.481 e. The average molecular weight is 537 g/mol. The van der Waals surface area contributed by atoms with Gasteiger partial charge in [0.1, 0.15) is 11.9 Å². The van der Waals surface area contributed by atoms with Crippen molar-refractivity contribution in [3.63, 3.8) is 0 Å². The summed E-state index contributed by atoms with van der Waals surface area (Å²) in [5.74, 6) is 2.14. The second-order valence-corrected chi connectivity index (χ2v) is 11.0. The molecule has 8 heterocycles. The van der Waals surface area contributed by atoms with Crippen LogP contribution in [0.4, 0.5) is 11.5 Å². The van der Waals surface area contributed by atoms with Crippen molar-refractivity contribution in [2.45, 2.75) is 31.5 Å². The summed E-state index contributed by atoms with van der Waals surface area (Å²) in [6, 6.07) is 13.7. The van der Waals surface area contributed by atoms with Crippen molar-refractivity contribution < 1.29 is 9.47 Å².